The van der Waals surface area contributed by atoms with E-state index in [9.17, 15) is 9.00 Å². The first kappa shape index (κ1) is 22.0. The molecule has 1 N–H and O–H groups in total. The molecule has 0 radical (unpaired) electrons. The van der Waals surface area contributed by atoms with Crippen LogP contribution in [0.25, 0.3) is 10.8 Å². The van der Waals surface area contributed by atoms with Crippen molar-refractivity contribution in [1.29, 1.82) is 0 Å². The molecule has 0 spiro atoms. The maximum atomic E-state index is 12.4. The molecule has 1 atom stereocenters. The Labute approximate surface area is 181 Å². The van der Waals surface area contributed by atoms with Crippen molar-refractivity contribution in [1.82, 2.24) is 10.3 Å². The van der Waals surface area contributed by atoms with Crippen molar-refractivity contribution >= 4 is 28.0 Å². The van der Waals surface area contributed by atoms with Crippen LogP contribution >= 0.6 is 11.3 Å². The molecule has 30 heavy (non-hydrogen) atoms. The number of benzene rings is 1. The zero-order valence-corrected chi connectivity index (χ0v) is 18.7. The lowest BCUT2D eigenvalue weighted by Gasteiger charge is -2.10. The Hall–Kier alpha value is -2.65. The van der Waals surface area contributed by atoms with Crippen LogP contribution in [0.1, 0.15) is 17.0 Å². The maximum Gasteiger partial charge on any atom is 0.236 e. The van der Waals surface area contributed by atoms with E-state index in [2.05, 4.69) is 10.3 Å². The molecule has 3 aromatic rings. The third-order valence-corrected chi connectivity index (χ3v) is 6.44. The number of hydrogen-bond donors (Lipinski definition) is 1. The lowest BCUT2D eigenvalue weighted by Crippen LogP contribution is -2.30. The number of ether oxygens (including phenoxy) is 2. The molecule has 0 aliphatic heterocycles. The summed E-state index contributed by atoms with van der Waals surface area (Å²) in [5, 5.41) is 4.75. The minimum Gasteiger partial charge on any atom is -0.493 e. The average molecular weight is 449 g/mol. The highest BCUT2D eigenvalue weighted by atomic mass is 32.2. The van der Waals surface area contributed by atoms with E-state index in [4.69, 9.17) is 13.9 Å². The molecule has 0 bridgehead atoms. The number of rotatable bonds is 10. The molecule has 0 saturated carbocycles. The summed E-state index contributed by atoms with van der Waals surface area (Å²) in [6.07, 6.45) is 0.630. The molecule has 2 heterocycles. The summed E-state index contributed by atoms with van der Waals surface area (Å²) in [6, 6.07) is 9.47. The van der Waals surface area contributed by atoms with Gasteiger partial charge in [0.25, 0.3) is 0 Å². The Kier molecular flexibility index (Phi) is 7.64. The zero-order valence-electron chi connectivity index (χ0n) is 17.1. The predicted molar refractivity (Wildman–Crippen MR) is 118 cm³/mol. The summed E-state index contributed by atoms with van der Waals surface area (Å²) in [5.41, 5.74) is 1.63. The molecular weight excluding hydrogens is 424 g/mol. The van der Waals surface area contributed by atoms with E-state index < -0.39 is 10.8 Å². The highest BCUT2D eigenvalue weighted by Gasteiger charge is 2.16. The Morgan fingerprint density at radius 1 is 1.23 bits per heavy atom. The molecule has 3 rings (SSSR count). The molecule has 0 fully saturated rings. The third kappa shape index (κ3) is 5.70. The first-order chi connectivity index (χ1) is 14.5. The van der Waals surface area contributed by atoms with Gasteiger partial charge >= 0.3 is 0 Å². The Morgan fingerprint density at radius 2 is 2.03 bits per heavy atom. The number of amides is 1. The number of nitrogens with zero attached hydrogens (tertiary/aromatic N) is 1. The van der Waals surface area contributed by atoms with Crippen molar-refractivity contribution in [2.24, 2.45) is 0 Å². The van der Waals surface area contributed by atoms with Crippen LogP contribution in [0.3, 0.4) is 0 Å². The first-order valence-electron chi connectivity index (χ1n) is 9.33. The second-order valence-corrected chi connectivity index (χ2v) is 8.92. The SMILES string of the molecule is COc1ccc(CCNC(=O)C[S@](=O)Cc2nc(-c3cccs3)oc2C)cc1OC. The van der Waals surface area contributed by atoms with E-state index in [0.29, 0.717) is 41.8 Å². The normalized spacial score (nSPS) is 11.8. The average Bonchev–Trinajstić information content (AvgIpc) is 3.38. The van der Waals surface area contributed by atoms with Gasteiger partial charge in [-0.2, -0.15) is 0 Å². The molecular formula is C21H24N2O5S2. The van der Waals surface area contributed by atoms with E-state index in [0.717, 1.165) is 10.4 Å². The number of carbonyl (C=O) groups excluding carboxylic acids is 1. The van der Waals surface area contributed by atoms with Crippen LogP contribution in [0, 0.1) is 6.92 Å². The van der Waals surface area contributed by atoms with Gasteiger partial charge < -0.3 is 19.2 Å². The second-order valence-electron chi connectivity index (χ2n) is 6.52. The van der Waals surface area contributed by atoms with Crippen LogP contribution in [-0.2, 0) is 27.8 Å². The summed E-state index contributed by atoms with van der Waals surface area (Å²) in [7, 11) is 1.80. The van der Waals surface area contributed by atoms with Gasteiger partial charge in [0.2, 0.25) is 11.8 Å². The number of aromatic nitrogens is 1. The van der Waals surface area contributed by atoms with E-state index in [1.54, 1.807) is 21.1 Å². The van der Waals surface area contributed by atoms with Gasteiger partial charge in [0.1, 0.15) is 11.5 Å². The lowest BCUT2D eigenvalue weighted by molar-refractivity contribution is -0.118. The molecule has 9 heteroatoms. The Balaban J connectivity index is 1.47. The van der Waals surface area contributed by atoms with E-state index >= 15 is 0 Å². The van der Waals surface area contributed by atoms with E-state index in [1.165, 1.54) is 11.3 Å². The quantitative estimate of drug-likeness (QED) is 0.512. The Bertz CT molecular complexity index is 1010. The number of hydrogen-bond acceptors (Lipinski definition) is 7. The van der Waals surface area contributed by atoms with Gasteiger partial charge in [-0.3, -0.25) is 9.00 Å². The van der Waals surface area contributed by atoms with Crippen molar-refractivity contribution in [3.05, 3.63) is 52.7 Å². The van der Waals surface area contributed by atoms with Crippen LogP contribution in [0.5, 0.6) is 11.5 Å². The second kappa shape index (κ2) is 10.4. The minimum atomic E-state index is -1.37. The standard InChI is InChI=1S/C21H24N2O5S2/c1-14-16(23-21(28-14)19-5-4-10-29-19)12-30(25)13-20(24)22-9-8-15-6-7-17(26-2)18(11-15)27-3/h4-7,10-11H,8-9,12-13H2,1-3H3,(H,22,24)/t30-/m1/s1. The van der Waals surface area contributed by atoms with Crippen LogP contribution in [0.2, 0.25) is 0 Å². The Morgan fingerprint density at radius 3 is 2.73 bits per heavy atom. The predicted octanol–water partition coefficient (Wildman–Crippen LogP) is 3.34. The van der Waals surface area contributed by atoms with Gasteiger partial charge in [0.15, 0.2) is 11.5 Å². The van der Waals surface area contributed by atoms with Crippen LogP contribution in [0.15, 0.2) is 40.1 Å². The summed E-state index contributed by atoms with van der Waals surface area (Å²) in [4.78, 5) is 17.5. The molecule has 0 unspecified atom stereocenters. The van der Waals surface area contributed by atoms with Gasteiger partial charge in [-0.15, -0.1) is 11.3 Å². The van der Waals surface area contributed by atoms with E-state index in [-0.39, 0.29) is 17.4 Å². The van der Waals surface area contributed by atoms with Gasteiger partial charge in [0, 0.05) is 17.3 Å². The highest BCUT2D eigenvalue weighted by Crippen LogP contribution is 2.28. The number of nitrogens with one attached hydrogen (secondary N) is 1. The summed E-state index contributed by atoms with van der Waals surface area (Å²) < 4.78 is 28.6. The first-order valence-corrected chi connectivity index (χ1v) is 11.7. The van der Waals surface area contributed by atoms with E-state index in [1.807, 2.05) is 35.7 Å². The third-order valence-electron chi connectivity index (χ3n) is 4.40. The molecule has 2 aromatic heterocycles. The van der Waals surface area contributed by atoms with Crippen LogP contribution in [0.4, 0.5) is 0 Å². The van der Waals surface area contributed by atoms with Crippen LogP contribution in [-0.4, -0.2) is 41.6 Å². The van der Waals surface area contributed by atoms with Gasteiger partial charge in [-0.1, -0.05) is 12.1 Å². The zero-order chi connectivity index (χ0) is 21.5. The topological polar surface area (TPSA) is 90.7 Å². The molecule has 160 valence electrons. The minimum absolute atomic E-state index is 0.0768. The van der Waals surface area contributed by atoms with Crippen molar-refractivity contribution in [3.63, 3.8) is 0 Å². The highest BCUT2D eigenvalue weighted by molar-refractivity contribution is 7.84. The van der Waals surface area contributed by atoms with Gasteiger partial charge in [-0.05, 0) is 42.5 Å². The fourth-order valence-electron chi connectivity index (χ4n) is 2.85. The van der Waals surface area contributed by atoms with Crippen LogP contribution < -0.4 is 14.8 Å². The van der Waals surface area contributed by atoms with Crippen molar-refractivity contribution in [2.45, 2.75) is 19.1 Å². The number of methoxy groups -OCH3 is 2. The maximum absolute atomic E-state index is 12.4. The molecule has 7 nitrogen and oxygen atoms in total. The largest absolute Gasteiger partial charge is 0.493 e. The lowest BCUT2D eigenvalue weighted by atomic mass is 10.1. The molecule has 0 aliphatic carbocycles. The molecule has 1 aromatic carbocycles. The number of thiophene rings is 1. The van der Waals surface area contributed by atoms with Crippen molar-refractivity contribution < 1.29 is 22.9 Å². The fourth-order valence-corrected chi connectivity index (χ4v) is 4.57. The smallest absolute Gasteiger partial charge is 0.236 e. The summed E-state index contributed by atoms with van der Waals surface area (Å²) in [6.45, 7) is 2.23. The number of carbonyl (C=O) groups is 1. The monoisotopic (exact) mass is 448 g/mol. The summed E-state index contributed by atoms with van der Waals surface area (Å²) >= 11 is 1.53. The molecule has 0 saturated heterocycles. The molecule has 0 aliphatic rings. The van der Waals surface area contributed by atoms with Crippen molar-refractivity contribution in [2.75, 3.05) is 26.5 Å². The summed E-state index contributed by atoms with van der Waals surface area (Å²) in [5.74, 6) is 2.30. The number of oxazole rings is 1. The van der Waals surface area contributed by atoms with Gasteiger partial charge in [-0.25, -0.2) is 4.98 Å². The van der Waals surface area contributed by atoms with Gasteiger partial charge in [0.05, 0.1) is 30.5 Å². The number of aryl methyl sites for hydroxylation is 1. The van der Waals surface area contributed by atoms with Crippen molar-refractivity contribution in [3.8, 4) is 22.3 Å². The molecule has 1 amide bonds. The fraction of sp³-hybridized carbons (Fsp3) is 0.333.